The highest BCUT2D eigenvalue weighted by Gasteiger charge is 2.06. The lowest BCUT2D eigenvalue weighted by molar-refractivity contribution is 0.214. The largest absolute Gasteiger partial charge is 0.490 e. The van der Waals surface area contributed by atoms with E-state index in [1.807, 2.05) is 0 Å². The zero-order valence-corrected chi connectivity index (χ0v) is 9.21. The van der Waals surface area contributed by atoms with Crippen LogP contribution in [0.1, 0.15) is 26.7 Å². The van der Waals surface area contributed by atoms with Crippen LogP contribution in [-0.2, 0) is 9.47 Å². The SMILES string of the molecule is C=CC1=C(C=C)OCCCO1.CCC. The second-order valence-electron chi connectivity index (χ2n) is 2.89. The van der Waals surface area contributed by atoms with Gasteiger partial charge in [-0.15, -0.1) is 0 Å². The number of allylic oxidation sites excluding steroid dienone is 2. The molecule has 0 aromatic heterocycles. The molecule has 1 aliphatic rings. The summed E-state index contributed by atoms with van der Waals surface area (Å²) in [6.45, 7) is 12.9. The lowest BCUT2D eigenvalue weighted by Crippen LogP contribution is -1.90. The summed E-state index contributed by atoms with van der Waals surface area (Å²) in [4.78, 5) is 0. The molecule has 0 aromatic rings. The van der Waals surface area contributed by atoms with Gasteiger partial charge in [0, 0.05) is 6.42 Å². The van der Waals surface area contributed by atoms with Gasteiger partial charge in [0.05, 0.1) is 13.2 Å². The smallest absolute Gasteiger partial charge is 0.160 e. The van der Waals surface area contributed by atoms with E-state index in [0.29, 0.717) is 24.7 Å². The Hall–Kier alpha value is -1.18. The Morgan fingerprint density at radius 3 is 1.71 bits per heavy atom. The molecule has 80 valence electrons. The fourth-order valence-electron chi connectivity index (χ4n) is 0.884. The van der Waals surface area contributed by atoms with Gasteiger partial charge in [-0.2, -0.15) is 0 Å². The molecule has 0 unspecified atom stereocenters. The molecule has 1 heterocycles. The monoisotopic (exact) mass is 196 g/mol. The van der Waals surface area contributed by atoms with E-state index >= 15 is 0 Å². The summed E-state index contributed by atoms with van der Waals surface area (Å²) in [5, 5.41) is 0. The summed E-state index contributed by atoms with van der Waals surface area (Å²) in [6, 6.07) is 0. The highest BCUT2D eigenvalue weighted by molar-refractivity contribution is 5.22. The van der Waals surface area contributed by atoms with Gasteiger partial charge < -0.3 is 9.47 Å². The second kappa shape index (κ2) is 8.42. The molecule has 0 spiro atoms. The summed E-state index contributed by atoms with van der Waals surface area (Å²) in [6.07, 6.45) is 5.44. The van der Waals surface area contributed by atoms with E-state index in [0.717, 1.165) is 6.42 Å². The first-order valence-electron chi connectivity index (χ1n) is 5.04. The van der Waals surface area contributed by atoms with Gasteiger partial charge in [-0.25, -0.2) is 0 Å². The van der Waals surface area contributed by atoms with Crippen molar-refractivity contribution < 1.29 is 9.47 Å². The molecule has 0 aliphatic carbocycles. The minimum Gasteiger partial charge on any atom is -0.490 e. The maximum absolute atomic E-state index is 5.32. The molecule has 0 saturated heterocycles. The molecule has 2 heteroatoms. The molecule has 0 saturated carbocycles. The summed E-state index contributed by atoms with van der Waals surface area (Å²) in [5.41, 5.74) is 0. The van der Waals surface area contributed by atoms with E-state index in [1.54, 1.807) is 12.2 Å². The molecule has 0 N–H and O–H groups in total. The second-order valence-corrected chi connectivity index (χ2v) is 2.89. The fourth-order valence-corrected chi connectivity index (χ4v) is 0.884. The highest BCUT2D eigenvalue weighted by Crippen LogP contribution is 2.14. The Morgan fingerprint density at radius 1 is 1.07 bits per heavy atom. The van der Waals surface area contributed by atoms with E-state index in [-0.39, 0.29) is 0 Å². The number of ether oxygens (including phenoxy) is 2. The Labute approximate surface area is 86.9 Å². The van der Waals surface area contributed by atoms with Crippen molar-refractivity contribution in [2.45, 2.75) is 26.7 Å². The third-order valence-electron chi connectivity index (χ3n) is 1.42. The Kier molecular flexibility index (Phi) is 7.71. The van der Waals surface area contributed by atoms with Crippen molar-refractivity contribution in [3.63, 3.8) is 0 Å². The summed E-state index contributed by atoms with van der Waals surface area (Å²) in [5.74, 6) is 1.38. The van der Waals surface area contributed by atoms with Gasteiger partial charge in [-0.05, 0) is 12.2 Å². The molecule has 0 atom stereocenters. The topological polar surface area (TPSA) is 18.5 Å². The van der Waals surface area contributed by atoms with Gasteiger partial charge in [0.25, 0.3) is 0 Å². The van der Waals surface area contributed by atoms with Crippen LogP contribution in [0, 0.1) is 0 Å². The van der Waals surface area contributed by atoms with Crippen LogP contribution in [-0.4, -0.2) is 13.2 Å². The molecule has 1 rings (SSSR count). The first-order valence-corrected chi connectivity index (χ1v) is 5.04. The van der Waals surface area contributed by atoms with Crippen LogP contribution in [0.5, 0.6) is 0 Å². The predicted molar refractivity (Wildman–Crippen MR) is 59.9 cm³/mol. The molecule has 0 radical (unpaired) electrons. The van der Waals surface area contributed by atoms with E-state index < -0.39 is 0 Å². The Morgan fingerprint density at radius 2 is 1.43 bits per heavy atom. The van der Waals surface area contributed by atoms with Crippen molar-refractivity contribution in [2.75, 3.05) is 13.2 Å². The molecule has 0 aromatic carbocycles. The zero-order valence-electron chi connectivity index (χ0n) is 9.21. The summed E-state index contributed by atoms with van der Waals surface area (Å²) in [7, 11) is 0. The van der Waals surface area contributed by atoms with Crippen LogP contribution in [0.3, 0.4) is 0 Å². The lowest BCUT2D eigenvalue weighted by atomic mass is 10.4. The van der Waals surface area contributed by atoms with Crippen LogP contribution in [0.25, 0.3) is 0 Å². The maximum Gasteiger partial charge on any atom is 0.160 e. The molecule has 2 nitrogen and oxygen atoms in total. The van der Waals surface area contributed by atoms with E-state index in [9.17, 15) is 0 Å². The number of hydrogen-bond acceptors (Lipinski definition) is 2. The van der Waals surface area contributed by atoms with Crippen molar-refractivity contribution in [2.24, 2.45) is 0 Å². The van der Waals surface area contributed by atoms with Crippen LogP contribution in [0.2, 0.25) is 0 Å². The summed E-state index contributed by atoms with van der Waals surface area (Å²) >= 11 is 0. The van der Waals surface area contributed by atoms with E-state index in [2.05, 4.69) is 27.0 Å². The minimum absolute atomic E-state index is 0.692. The van der Waals surface area contributed by atoms with Crippen LogP contribution >= 0.6 is 0 Å². The maximum atomic E-state index is 5.32. The molecule has 1 aliphatic heterocycles. The number of rotatable bonds is 2. The molecule has 0 bridgehead atoms. The zero-order chi connectivity index (χ0) is 10.8. The fraction of sp³-hybridized carbons (Fsp3) is 0.500. The summed E-state index contributed by atoms with van der Waals surface area (Å²) < 4.78 is 10.6. The Balaban J connectivity index is 0.000000500. The van der Waals surface area contributed by atoms with Crippen molar-refractivity contribution >= 4 is 0 Å². The third kappa shape index (κ3) is 4.75. The highest BCUT2D eigenvalue weighted by atomic mass is 16.5. The third-order valence-corrected chi connectivity index (χ3v) is 1.42. The minimum atomic E-state index is 0.692. The van der Waals surface area contributed by atoms with Gasteiger partial charge in [-0.1, -0.05) is 33.4 Å². The van der Waals surface area contributed by atoms with Crippen molar-refractivity contribution in [3.05, 3.63) is 36.8 Å². The van der Waals surface area contributed by atoms with Crippen molar-refractivity contribution in [1.82, 2.24) is 0 Å². The predicted octanol–water partition coefficient (Wildman–Crippen LogP) is 3.42. The average molecular weight is 196 g/mol. The molecule has 14 heavy (non-hydrogen) atoms. The first-order chi connectivity index (χ1) is 6.79. The molecular weight excluding hydrogens is 176 g/mol. The van der Waals surface area contributed by atoms with Crippen molar-refractivity contribution in [1.29, 1.82) is 0 Å². The van der Waals surface area contributed by atoms with Gasteiger partial charge in [0.2, 0.25) is 0 Å². The standard InChI is InChI=1S/C9H12O2.C3H8/c1-3-8-9(4-2)11-7-5-6-10-8;1-3-2/h3-4H,1-2,5-7H2;3H2,1-2H3. The quantitative estimate of drug-likeness (QED) is 0.673. The van der Waals surface area contributed by atoms with Crippen LogP contribution in [0.4, 0.5) is 0 Å². The van der Waals surface area contributed by atoms with Crippen LogP contribution < -0.4 is 0 Å². The molecular formula is C12H20O2. The van der Waals surface area contributed by atoms with Gasteiger partial charge in [0.1, 0.15) is 0 Å². The first kappa shape index (κ1) is 12.8. The van der Waals surface area contributed by atoms with E-state index in [4.69, 9.17) is 9.47 Å². The molecule has 0 fully saturated rings. The Bertz CT molecular complexity index is 184. The van der Waals surface area contributed by atoms with Crippen molar-refractivity contribution in [3.8, 4) is 0 Å². The van der Waals surface area contributed by atoms with Gasteiger partial charge in [-0.3, -0.25) is 0 Å². The van der Waals surface area contributed by atoms with Gasteiger partial charge >= 0.3 is 0 Å². The average Bonchev–Trinajstić information content (AvgIpc) is 2.42. The number of hydrogen-bond donors (Lipinski definition) is 0. The van der Waals surface area contributed by atoms with Gasteiger partial charge in [0.15, 0.2) is 11.5 Å². The van der Waals surface area contributed by atoms with Crippen LogP contribution in [0.15, 0.2) is 36.8 Å². The lowest BCUT2D eigenvalue weighted by Gasteiger charge is -2.04. The molecule has 0 amide bonds. The normalized spacial score (nSPS) is 15.3. The van der Waals surface area contributed by atoms with E-state index in [1.165, 1.54) is 6.42 Å².